The molecule has 1 aliphatic rings. The molecule has 1 aromatic heterocycles. The number of rotatable bonds is 5. The van der Waals surface area contributed by atoms with E-state index < -0.39 is 0 Å². The fourth-order valence-electron chi connectivity index (χ4n) is 2.03. The lowest BCUT2D eigenvalue weighted by Gasteiger charge is -2.19. The molecule has 1 heterocycles. The maximum Gasteiger partial charge on any atom is 0.253 e. The summed E-state index contributed by atoms with van der Waals surface area (Å²) in [7, 11) is 0. The molecule has 1 N–H and O–H groups in total. The average molecular weight is 247 g/mol. The number of aromatic nitrogens is 1. The van der Waals surface area contributed by atoms with Crippen LogP contribution in [-0.4, -0.2) is 30.0 Å². The molecule has 2 atom stereocenters. The summed E-state index contributed by atoms with van der Waals surface area (Å²) in [6.07, 6.45) is 2.76. The highest BCUT2D eigenvalue weighted by molar-refractivity contribution is 5.94. The smallest absolute Gasteiger partial charge is 0.253 e. The third-order valence-corrected chi connectivity index (χ3v) is 3.52. The predicted octanol–water partition coefficient (Wildman–Crippen LogP) is 2.07. The van der Waals surface area contributed by atoms with E-state index in [1.165, 1.54) is 0 Å². The van der Waals surface area contributed by atoms with Crippen LogP contribution in [0, 0.1) is 5.92 Å². The summed E-state index contributed by atoms with van der Waals surface area (Å²) in [4.78, 5) is 18.4. The summed E-state index contributed by atoms with van der Waals surface area (Å²) in [5.74, 6) is 1.54. The molecule has 4 nitrogen and oxygen atoms in total. The van der Waals surface area contributed by atoms with Crippen LogP contribution in [0.1, 0.15) is 37.6 Å². The Bertz CT molecular complexity index is 412. The molecule has 0 bridgehead atoms. The second-order valence-corrected chi connectivity index (χ2v) is 4.87. The summed E-state index contributed by atoms with van der Waals surface area (Å²) >= 11 is 0. The van der Waals surface area contributed by atoms with Crippen LogP contribution in [0.5, 0.6) is 0 Å². The van der Waals surface area contributed by atoms with Crippen LogP contribution < -0.4 is 10.2 Å². The highest BCUT2D eigenvalue weighted by Crippen LogP contribution is 2.29. The normalized spacial score (nSPS) is 21.5. The molecule has 0 aliphatic heterocycles. The molecule has 4 heteroatoms. The second kappa shape index (κ2) is 5.38. The Morgan fingerprint density at radius 2 is 2.11 bits per heavy atom. The Balaban J connectivity index is 2.00. The van der Waals surface area contributed by atoms with Gasteiger partial charge < -0.3 is 10.2 Å². The van der Waals surface area contributed by atoms with Crippen molar-refractivity contribution >= 4 is 11.7 Å². The van der Waals surface area contributed by atoms with E-state index in [9.17, 15) is 4.79 Å². The molecule has 0 saturated heterocycles. The van der Waals surface area contributed by atoms with Crippen LogP contribution in [0.3, 0.4) is 0 Å². The van der Waals surface area contributed by atoms with E-state index in [0.29, 0.717) is 17.5 Å². The predicted molar refractivity (Wildman–Crippen MR) is 72.8 cm³/mol. The van der Waals surface area contributed by atoms with E-state index in [1.807, 2.05) is 12.1 Å². The summed E-state index contributed by atoms with van der Waals surface area (Å²) < 4.78 is 0. The van der Waals surface area contributed by atoms with Gasteiger partial charge in [0.2, 0.25) is 0 Å². The lowest BCUT2D eigenvalue weighted by molar-refractivity contribution is 0.0949. The average Bonchev–Trinajstić information content (AvgIpc) is 3.07. The largest absolute Gasteiger partial charge is 0.357 e. The molecular formula is C14H21N3O. The van der Waals surface area contributed by atoms with Gasteiger partial charge in [-0.15, -0.1) is 0 Å². The van der Waals surface area contributed by atoms with Crippen LogP contribution in [0.2, 0.25) is 0 Å². The maximum absolute atomic E-state index is 11.9. The van der Waals surface area contributed by atoms with E-state index in [2.05, 4.69) is 36.0 Å². The number of carbonyl (C=O) groups is 1. The monoisotopic (exact) mass is 247 g/mol. The zero-order valence-corrected chi connectivity index (χ0v) is 11.3. The topological polar surface area (TPSA) is 45.2 Å². The van der Waals surface area contributed by atoms with Crippen LogP contribution in [0.4, 0.5) is 5.82 Å². The Morgan fingerprint density at radius 3 is 2.56 bits per heavy atom. The Labute approximate surface area is 108 Å². The van der Waals surface area contributed by atoms with Crippen LogP contribution in [-0.2, 0) is 0 Å². The van der Waals surface area contributed by atoms with Gasteiger partial charge >= 0.3 is 0 Å². The van der Waals surface area contributed by atoms with E-state index in [0.717, 1.165) is 25.3 Å². The summed E-state index contributed by atoms with van der Waals surface area (Å²) in [5, 5.41) is 3.00. The quantitative estimate of drug-likeness (QED) is 0.866. The van der Waals surface area contributed by atoms with Gasteiger partial charge in [0.05, 0.1) is 5.56 Å². The van der Waals surface area contributed by atoms with Crippen molar-refractivity contribution < 1.29 is 4.79 Å². The van der Waals surface area contributed by atoms with Gasteiger partial charge in [-0.25, -0.2) is 4.98 Å². The first-order valence-electron chi connectivity index (χ1n) is 6.67. The number of nitrogens with one attached hydrogen (secondary N) is 1. The molecule has 0 spiro atoms. The summed E-state index contributed by atoms with van der Waals surface area (Å²) in [6.45, 7) is 8.19. The third-order valence-electron chi connectivity index (χ3n) is 3.52. The van der Waals surface area contributed by atoms with Gasteiger partial charge in [0, 0.05) is 25.3 Å². The van der Waals surface area contributed by atoms with Crippen molar-refractivity contribution in [1.29, 1.82) is 0 Å². The maximum atomic E-state index is 11.9. The van der Waals surface area contributed by atoms with E-state index in [-0.39, 0.29) is 5.91 Å². The number of hydrogen-bond acceptors (Lipinski definition) is 3. The lowest BCUT2D eigenvalue weighted by atomic mass is 10.2. The number of anilines is 1. The highest BCUT2D eigenvalue weighted by atomic mass is 16.1. The molecule has 2 rings (SSSR count). The van der Waals surface area contributed by atoms with Gasteiger partial charge in [0.25, 0.3) is 5.91 Å². The minimum Gasteiger partial charge on any atom is -0.357 e. The number of carbonyl (C=O) groups excluding carboxylic acids is 1. The molecule has 1 aromatic rings. The first-order valence-corrected chi connectivity index (χ1v) is 6.67. The SMILES string of the molecule is CCN(CC)c1ccc(C(=O)N[C@@H]2C[C@@H]2C)cn1. The van der Waals surface area contributed by atoms with Gasteiger partial charge in [0.15, 0.2) is 0 Å². The second-order valence-electron chi connectivity index (χ2n) is 4.87. The Hall–Kier alpha value is -1.58. The standard InChI is InChI=1S/C14H21N3O/c1-4-17(5-2)13-7-6-11(9-15-13)14(18)16-12-8-10(12)3/h6-7,9-10,12H,4-5,8H2,1-3H3,(H,16,18)/t10-,12+/m0/s1. The van der Waals surface area contributed by atoms with Crippen molar-refractivity contribution in [1.82, 2.24) is 10.3 Å². The van der Waals surface area contributed by atoms with Gasteiger partial charge in [-0.1, -0.05) is 6.92 Å². The minimum atomic E-state index is -0.0112. The van der Waals surface area contributed by atoms with Crippen molar-refractivity contribution in [2.24, 2.45) is 5.92 Å². The first kappa shape index (κ1) is 12.9. The van der Waals surface area contributed by atoms with Crippen molar-refractivity contribution in [2.45, 2.75) is 33.2 Å². The molecule has 1 amide bonds. The fourth-order valence-corrected chi connectivity index (χ4v) is 2.03. The molecule has 0 radical (unpaired) electrons. The molecule has 98 valence electrons. The van der Waals surface area contributed by atoms with Crippen molar-refractivity contribution in [3.8, 4) is 0 Å². The molecule has 0 aromatic carbocycles. The number of hydrogen-bond donors (Lipinski definition) is 1. The van der Waals surface area contributed by atoms with Crippen LogP contribution >= 0.6 is 0 Å². The number of amides is 1. The fraction of sp³-hybridized carbons (Fsp3) is 0.571. The molecule has 1 fully saturated rings. The Morgan fingerprint density at radius 1 is 1.44 bits per heavy atom. The molecule has 1 saturated carbocycles. The summed E-state index contributed by atoms with van der Waals surface area (Å²) in [6, 6.07) is 4.13. The third kappa shape index (κ3) is 2.81. The van der Waals surface area contributed by atoms with Crippen LogP contribution in [0.25, 0.3) is 0 Å². The van der Waals surface area contributed by atoms with E-state index in [1.54, 1.807) is 6.20 Å². The summed E-state index contributed by atoms with van der Waals surface area (Å²) in [5.41, 5.74) is 0.644. The van der Waals surface area contributed by atoms with Crippen molar-refractivity contribution in [2.75, 3.05) is 18.0 Å². The van der Waals surface area contributed by atoms with Gasteiger partial charge in [0.1, 0.15) is 5.82 Å². The van der Waals surface area contributed by atoms with E-state index in [4.69, 9.17) is 0 Å². The molecule has 1 aliphatic carbocycles. The number of nitrogens with zero attached hydrogens (tertiary/aromatic N) is 2. The lowest BCUT2D eigenvalue weighted by Crippen LogP contribution is -2.27. The van der Waals surface area contributed by atoms with Crippen molar-refractivity contribution in [3.05, 3.63) is 23.9 Å². The zero-order chi connectivity index (χ0) is 13.1. The molecular weight excluding hydrogens is 226 g/mol. The minimum absolute atomic E-state index is 0.0112. The van der Waals surface area contributed by atoms with Gasteiger partial charge in [-0.3, -0.25) is 4.79 Å². The first-order chi connectivity index (χ1) is 8.65. The van der Waals surface area contributed by atoms with Gasteiger partial charge in [-0.2, -0.15) is 0 Å². The highest BCUT2D eigenvalue weighted by Gasteiger charge is 2.33. The molecule has 18 heavy (non-hydrogen) atoms. The van der Waals surface area contributed by atoms with Gasteiger partial charge in [-0.05, 0) is 38.3 Å². The Kier molecular flexibility index (Phi) is 3.84. The van der Waals surface area contributed by atoms with Crippen LogP contribution in [0.15, 0.2) is 18.3 Å². The number of pyridine rings is 1. The molecule has 0 unspecified atom stereocenters. The van der Waals surface area contributed by atoms with E-state index >= 15 is 0 Å². The zero-order valence-electron chi connectivity index (χ0n) is 11.3. The van der Waals surface area contributed by atoms with Crippen molar-refractivity contribution in [3.63, 3.8) is 0 Å².